The average Bonchev–Trinajstić information content (AvgIpc) is 3.09. The smallest absolute Gasteiger partial charge is 0.0867 e. The maximum absolute atomic E-state index is 5.64. The SMILES string of the molecule is c1ccc(-c2cc3c(c(-c4cccs4)n2)COCC3)cc1. The van der Waals surface area contributed by atoms with E-state index in [4.69, 9.17) is 9.72 Å². The van der Waals surface area contributed by atoms with Gasteiger partial charge < -0.3 is 4.74 Å². The zero-order chi connectivity index (χ0) is 14.1. The Balaban J connectivity index is 1.92. The number of fused-ring (bicyclic) bond motifs is 1. The first-order valence-corrected chi connectivity index (χ1v) is 7.99. The second-order valence-electron chi connectivity index (χ2n) is 5.14. The summed E-state index contributed by atoms with van der Waals surface area (Å²) >= 11 is 1.73. The van der Waals surface area contributed by atoms with Crippen molar-refractivity contribution in [3.63, 3.8) is 0 Å². The molecule has 0 saturated heterocycles. The lowest BCUT2D eigenvalue weighted by atomic mass is 9.98. The molecule has 2 nitrogen and oxygen atoms in total. The van der Waals surface area contributed by atoms with E-state index in [9.17, 15) is 0 Å². The van der Waals surface area contributed by atoms with Crippen LogP contribution in [0.2, 0.25) is 0 Å². The van der Waals surface area contributed by atoms with E-state index < -0.39 is 0 Å². The molecule has 4 rings (SSSR count). The summed E-state index contributed by atoms with van der Waals surface area (Å²) in [5.41, 5.74) is 5.94. The number of nitrogens with zero attached hydrogens (tertiary/aromatic N) is 1. The molecule has 1 aliphatic heterocycles. The predicted molar refractivity (Wildman–Crippen MR) is 86.3 cm³/mol. The van der Waals surface area contributed by atoms with Gasteiger partial charge in [-0.2, -0.15) is 0 Å². The van der Waals surface area contributed by atoms with Crippen LogP contribution in [0.4, 0.5) is 0 Å². The van der Waals surface area contributed by atoms with Crippen molar-refractivity contribution >= 4 is 11.3 Å². The molecular weight excluding hydrogens is 278 g/mol. The number of rotatable bonds is 2. The maximum Gasteiger partial charge on any atom is 0.0867 e. The Labute approximate surface area is 128 Å². The molecular formula is C18H15NOS. The van der Waals surface area contributed by atoms with Crippen LogP contribution in [0.1, 0.15) is 11.1 Å². The Kier molecular flexibility index (Phi) is 3.30. The number of hydrogen-bond acceptors (Lipinski definition) is 3. The van der Waals surface area contributed by atoms with Crippen molar-refractivity contribution in [2.45, 2.75) is 13.0 Å². The van der Waals surface area contributed by atoms with E-state index in [-0.39, 0.29) is 0 Å². The Morgan fingerprint density at radius 3 is 2.76 bits per heavy atom. The Morgan fingerprint density at radius 2 is 1.95 bits per heavy atom. The lowest BCUT2D eigenvalue weighted by Crippen LogP contribution is -2.12. The quantitative estimate of drug-likeness (QED) is 0.691. The van der Waals surface area contributed by atoms with Crippen LogP contribution in [0.15, 0.2) is 53.9 Å². The Bertz CT molecular complexity index is 750. The number of hydrogen-bond donors (Lipinski definition) is 0. The highest BCUT2D eigenvalue weighted by Gasteiger charge is 2.18. The minimum Gasteiger partial charge on any atom is -0.376 e. The highest BCUT2D eigenvalue weighted by Crippen LogP contribution is 2.33. The van der Waals surface area contributed by atoms with Crippen LogP contribution in [-0.4, -0.2) is 11.6 Å². The number of pyridine rings is 1. The lowest BCUT2D eigenvalue weighted by molar-refractivity contribution is 0.111. The van der Waals surface area contributed by atoms with E-state index in [1.165, 1.54) is 21.6 Å². The van der Waals surface area contributed by atoms with Gasteiger partial charge in [-0.3, -0.25) is 0 Å². The second kappa shape index (κ2) is 5.43. The van der Waals surface area contributed by atoms with Gasteiger partial charge >= 0.3 is 0 Å². The largest absolute Gasteiger partial charge is 0.376 e. The molecule has 0 unspecified atom stereocenters. The van der Waals surface area contributed by atoms with Gasteiger partial charge in [0.05, 0.1) is 29.5 Å². The monoisotopic (exact) mass is 293 g/mol. The molecule has 2 aromatic heterocycles. The summed E-state index contributed by atoms with van der Waals surface area (Å²) in [5, 5.41) is 2.10. The summed E-state index contributed by atoms with van der Waals surface area (Å²) in [6.45, 7) is 1.47. The lowest BCUT2D eigenvalue weighted by Gasteiger charge is -2.20. The van der Waals surface area contributed by atoms with Gasteiger partial charge in [-0.05, 0) is 29.5 Å². The third kappa shape index (κ3) is 2.39. The first kappa shape index (κ1) is 12.7. The molecule has 104 valence electrons. The number of thiophene rings is 1. The predicted octanol–water partition coefficient (Wildman–Crippen LogP) is 4.55. The van der Waals surface area contributed by atoms with Crippen LogP contribution in [0.3, 0.4) is 0 Å². The van der Waals surface area contributed by atoms with Crippen LogP contribution in [-0.2, 0) is 17.8 Å². The van der Waals surface area contributed by atoms with Gasteiger partial charge in [0, 0.05) is 11.1 Å². The number of aromatic nitrogens is 1. The van der Waals surface area contributed by atoms with E-state index in [0.29, 0.717) is 6.61 Å². The van der Waals surface area contributed by atoms with Gasteiger partial charge in [-0.1, -0.05) is 36.4 Å². The molecule has 1 aromatic carbocycles. The summed E-state index contributed by atoms with van der Waals surface area (Å²) in [4.78, 5) is 6.15. The van der Waals surface area contributed by atoms with Crippen LogP contribution >= 0.6 is 11.3 Å². The average molecular weight is 293 g/mol. The van der Waals surface area contributed by atoms with E-state index in [0.717, 1.165) is 24.4 Å². The van der Waals surface area contributed by atoms with Crippen molar-refractivity contribution in [3.8, 4) is 21.8 Å². The van der Waals surface area contributed by atoms with Crippen molar-refractivity contribution in [2.24, 2.45) is 0 Å². The van der Waals surface area contributed by atoms with Gasteiger partial charge in [-0.25, -0.2) is 4.98 Å². The normalized spacial score (nSPS) is 13.9. The van der Waals surface area contributed by atoms with Crippen molar-refractivity contribution in [1.29, 1.82) is 0 Å². The van der Waals surface area contributed by atoms with E-state index in [1.54, 1.807) is 11.3 Å². The van der Waals surface area contributed by atoms with Crippen LogP contribution in [0, 0.1) is 0 Å². The molecule has 21 heavy (non-hydrogen) atoms. The molecule has 3 heterocycles. The van der Waals surface area contributed by atoms with Gasteiger partial charge in [0.1, 0.15) is 0 Å². The fourth-order valence-electron chi connectivity index (χ4n) is 2.74. The zero-order valence-corrected chi connectivity index (χ0v) is 12.4. The van der Waals surface area contributed by atoms with Crippen LogP contribution < -0.4 is 0 Å². The molecule has 0 fully saturated rings. The molecule has 0 N–H and O–H groups in total. The van der Waals surface area contributed by atoms with Crippen LogP contribution in [0.25, 0.3) is 21.8 Å². The Hall–Kier alpha value is -1.97. The third-order valence-electron chi connectivity index (χ3n) is 3.80. The molecule has 3 heteroatoms. The van der Waals surface area contributed by atoms with Gasteiger partial charge in [0.15, 0.2) is 0 Å². The summed E-state index contributed by atoms with van der Waals surface area (Å²) in [5.74, 6) is 0. The zero-order valence-electron chi connectivity index (χ0n) is 11.6. The van der Waals surface area contributed by atoms with Crippen molar-refractivity contribution < 1.29 is 4.74 Å². The highest BCUT2D eigenvalue weighted by atomic mass is 32.1. The highest BCUT2D eigenvalue weighted by molar-refractivity contribution is 7.13. The minimum absolute atomic E-state index is 0.671. The molecule has 0 atom stereocenters. The molecule has 0 radical (unpaired) electrons. The van der Waals surface area contributed by atoms with E-state index in [1.807, 2.05) is 6.07 Å². The second-order valence-corrected chi connectivity index (χ2v) is 6.09. The number of ether oxygens (including phenoxy) is 1. The fraction of sp³-hybridized carbons (Fsp3) is 0.167. The fourth-order valence-corrected chi connectivity index (χ4v) is 3.48. The third-order valence-corrected chi connectivity index (χ3v) is 4.68. The molecule has 0 bridgehead atoms. The summed E-state index contributed by atoms with van der Waals surface area (Å²) < 4.78 is 5.64. The molecule has 0 spiro atoms. The topological polar surface area (TPSA) is 22.1 Å². The number of benzene rings is 1. The molecule has 1 aliphatic rings. The minimum atomic E-state index is 0.671. The van der Waals surface area contributed by atoms with Crippen molar-refractivity contribution in [3.05, 3.63) is 65.0 Å². The summed E-state index contributed by atoms with van der Waals surface area (Å²) in [6.07, 6.45) is 0.968. The van der Waals surface area contributed by atoms with Crippen molar-refractivity contribution in [2.75, 3.05) is 6.61 Å². The van der Waals surface area contributed by atoms with Gasteiger partial charge in [-0.15, -0.1) is 11.3 Å². The standard InChI is InChI=1S/C18H15NOS/c1-2-5-13(6-3-1)16-11-14-8-9-20-12-15(14)18(19-16)17-7-4-10-21-17/h1-7,10-11H,8-9,12H2. The van der Waals surface area contributed by atoms with Gasteiger partial charge in [0.2, 0.25) is 0 Å². The molecule has 0 amide bonds. The first-order chi connectivity index (χ1) is 10.4. The van der Waals surface area contributed by atoms with E-state index >= 15 is 0 Å². The van der Waals surface area contributed by atoms with Gasteiger partial charge in [0.25, 0.3) is 0 Å². The molecule has 0 aliphatic carbocycles. The first-order valence-electron chi connectivity index (χ1n) is 7.11. The Morgan fingerprint density at radius 1 is 1.05 bits per heavy atom. The molecule has 3 aromatic rings. The molecule has 0 saturated carbocycles. The van der Waals surface area contributed by atoms with E-state index in [2.05, 4.69) is 47.8 Å². The van der Waals surface area contributed by atoms with Crippen LogP contribution in [0.5, 0.6) is 0 Å². The summed E-state index contributed by atoms with van der Waals surface area (Å²) in [6, 6.07) is 16.8. The summed E-state index contributed by atoms with van der Waals surface area (Å²) in [7, 11) is 0. The van der Waals surface area contributed by atoms with Crippen molar-refractivity contribution in [1.82, 2.24) is 4.98 Å². The maximum atomic E-state index is 5.64.